The third-order valence-electron chi connectivity index (χ3n) is 4.23. The van der Waals surface area contributed by atoms with E-state index in [0.717, 1.165) is 23.8 Å². The van der Waals surface area contributed by atoms with Gasteiger partial charge in [0, 0.05) is 6.54 Å². The van der Waals surface area contributed by atoms with Crippen LogP contribution in [0.1, 0.15) is 37.4 Å². The van der Waals surface area contributed by atoms with Crippen LogP contribution in [0.5, 0.6) is 0 Å². The van der Waals surface area contributed by atoms with Crippen LogP contribution in [0.15, 0.2) is 60.7 Å². The average Bonchev–Trinajstić information content (AvgIpc) is 2.61. The molecular formula is C21H28N2O3S. The van der Waals surface area contributed by atoms with E-state index in [0.29, 0.717) is 5.92 Å². The van der Waals surface area contributed by atoms with Gasteiger partial charge in [0.15, 0.2) is 0 Å². The zero-order valence-corrected chi connectivity index (χ0v) is 16.9. The molecule has 0 spiro atoms. The fourth-order valence-electron chi connectivity index (χ4n) is 2.91. The highest BCUT2D eigenvalue weighted by Crippen LogP contribution is 2.21. The van der Waals surface area contributed by atoms with Crippen molar-refractivity contribution in [1.29, 1.82) is 0 Å². The Balaban J connectivity index is 2.11. The first-order chi connectivity index (χ1) is 12.8. The Hall–Kier alpha value is -2.18. The van der Waals surface area contributed by atoms with Crippen LogP contribution < -0.4 is 5.32 Å². The highest BCUT2D eigenvalue weighted by atomic mass is 32.2. The van der Waals surface area contributed by atoms with E-state index < -0.39 is 10.0 Å². The molecule has 0 bridgehead atoms. The second-order valence-corrected chi connectivity index (χ2v) is 9.16. The molecule has 1 amide bonds. The zero-order chi connectivity index (χ0) is 19.9. The number of nitrogens with zero attached hydrogens (tertiary/aromatic N) is 1. The third kappa shape index (κ3) is 7.15. The smallest absolute Gasteiger partial charge is 0.235 e. The summed E-state index contributed by atoms with van der Waals surface area (Å²) >= 11 is 0. The van der Waals surface area contributed by atoms with Gasteiger partial charge in [0.2, 0.25) is 15.9 Å². The first-order valence-corrected chi connectivity index (χ1v) is 10.9. The average molecular weight is 389 g/mol. The molecule has 1 atom stereocenters. The van der Waals surface area contributed by atoms with Gasteiger partial charge in [-0.25, -0.2) is 8.42 Å². The minimum atomic E-state index is -3.51. The largest absolute Gasteiger partial charge is 0.348 e. The quantitative estimate of drug-likeness (QED) is 0.716. The summed E-state index contributed by atoms with van der Waals surface area (Å²) < 4.78 is 25.5. The summed E-state index contributed by atoms with van der Waals surface area (Å²) in [5, 5.41) is 3.01. The molecule has 6 heteroatoms. The van der Waals surface area contributed by atoms with Gasteiger partial charge in [0.25, 0.3) is 0 Å². The summed E-state index contributed by atoms with van der Waals surface area (Å²) in [7, 11) is -3.51. The minimum Gasteiger partial charge on any atom is -0.348 e. The molecule has 2 aromatic rings. The molecule has 27 heavy (non-hydrogen) atoms. The summed E-state index contributed by atoms with van der Waals surface area (Å²) in [5.74, 6) is 0.0942. The van der Waals surface area contributed by atoms with Gasteiger partial charge in [-0.1, -0.05) is 74.5 Å². The van der Waals surface area contributed by atoms with Gasteiger partial charge in [0.1, 0.15) is 0 Å². The monoisotopic (exact) mass is 388 g/mol. The Morgan fingerprint density at radius 1 is 1.00 bits per heavy atom. The molecule has 0 saturated carbocycles. The molecule has 2 aromatic carbocycles. The molecule has 1 N–H and O–H groups in total. The van der Waals surface area contributed by atoms with Crippen LogP contribution in [-0.2, 0) is 21.4 Å². The van der Waals surface area contributed by atoms with Gasteiger partial charge in [0.05, 0.1) is 18.8 Å². The molecule has 0 fully saturated rings. The predicted octanol–water partition coefficient (Wildman–Crippen LogP) is 3.35. The van der Waals surface area contributed by atoms with Gasteiger partial charge >= 0.3 is 0 Å². The van der Waals surface area contributed by atoms with Crippen LogP contribution in [0.4, 0.5) is 0 Å². The second-order valence-electron chi connectivity index (χ2n) is 7.18. The number of rotatable bonds is 9. The van der Waals surface area contributed by atoms with Crippen molar-refractivity contribution in [1.82, 2.24) is 9.62 Å². The van der Waals surface area contributed by atoms with E-state index >= 15 is 0 Å². The number of hydrogen-bond acceptors (Lipinski definition) is 3. The summed E-state index contributed by atoms with van der Waals surface area (Å²) in [6.07, 6.45) is 1.92. The maximum atomic E-state index is 12.6. The molecule has 146 valence electrons. The van der Waals surface area contributed by atoms with E-state index in [1.807, 2.05) is 60.7 Å². The van der Waals surface area contributed by atoms with Crippen molar-refractivity contribution in [3.05, 3.63) is 71.8 Å². The molecule has 0 aliphatic carbocycles. The summed E-state index contributed by atoms with van der Waals surface area (Å²) in [6.45, 7) is 4.17. The van der Waals surface area contributed by atoms with Gasteiger partial charge in [-0.15, -0.1) is 0 Å². The van der Waals surface area contributed by atoms with E-state index in [2.05, 4.69) is 19.2 Å². The molecule has 0 aromatic heterocycles. The fourth-order valence-corrected chi connectivity index (χ4v) is 3.65. The Morgan fingerprint density at radius 3 is 2.07 bits per heavy atom. The molecule has 2 rings (SSSR count). The van der Waals surface area contributed by atoms with Crippen LogP contribution in [0.3, 0.4) is 0 Å². The van der Waals surface area contributed by atoms with Crippen molar-refractivity contribution in [3.63, 3.8) is 0 Å². The lowest BCUT2D eigenvalue weighted by molar-refractivity contribution is -0.122. The van der Waals surface area contributed by atoms with Crippen molar-refractivity contribution >= 4 is 15.9 Å². The summed E-state index contributed by atoms with van der Waals surface area (Å²) in [5.41, 5.74) is 1.87. The number of sulfonamides is 1. The Morgan fingerprint density at radius 2 is 1.56 bits per heavy atom. The van der Waals surface area contributed by atoms with Crippen molar-refractivity contribution < 1.29 is 13.2 Å². The van der Waals surface area contributed by atoms with Crippen molar-refractivity contribution in [2.75, 3.05) is 12.8 Å². The van der Waals surface area contributed by atoms with Crippen LogP contribution in [0, 0.1) is 5.92 Å². The molecule has 0 unspecified atom stereocenters. The molecule has 0 heterocycles. The van der Waals surface area contributed by atoms with E-state index in [1.165, 1.54) is 4.31 Å². The first-order valence-electron chi connectivity index (χ1n) is 9.09. The number of benzene rings is 2. The maximum absolute atomic E-state index is 12.6. The molecule has 5 nitrogen and oxygen atoms in total. The molecule has 0 aliphatic heterocycles. The topological polar surface area (TPSA) is 66.5 Å². The van der Waals surface area contributed by atoms with E-state index in [1.54, 1.807) is 0 Å². The van der Waals surface area contributed by atoms with Crippen LogP contribution >= 0.6 is 0 Å². The Bertz CT molecular complexity index is 821. The summed E-state index contributed by atoms with van der Waals surface area (Å²) in [4.78, 5) is 12.6. The Kier molecular flexibility index (Phi) is 7.56. The standard InChI is InChI=1S/C21H28N2O3S/c1-17(2)14-20(19-12-8-5-9-13-19)22-21(24)16-23(27(3,25)26)15-18-10-6-4-7-11-18/h4-13,17,20H,14-16H2,1-3H3,(H,22,24)/t20-/m1/s1. The molecule has 0 radical (unpaired) electrons. The van der Waals surface area contributed by atoms with E-state index in [4.69, 9.17) is 0 Å². The molecule has 0 saturated heterocycles. The van der Waals surface area contributed by atoms with Crippen LogP contribution in [0.25, 0.3) is 0 Å². The Labute approximate surface area is 162 Å². The number of nitrogens with one attached hydrogen (secondary N) is 1. The number of carbonyl (C=O) groups is 1. The number of carbonyl (C=O) groups excluding carboxylic acids is 1. The van der Waals surface area contributed by atoms with Gasteiger partial charge < -0.3 is 5.32 Å². The van der Waals surface area contributed by atoms with Gasteiger partial charge in [-0.3, -0.25) is 4.79 Å². The minimum absolute atomic E-state index is 0.142. The van der Waals surface area contributed by atoms with Crippen molar-refractivity contribution in [2.24, 2.45) is 5.92 Å². The number of hydrogen-bond donors (Lipinski definition) is 1. The van der Waals surface area contributed by atoms with E-state index in [9.17, 15) is 13.2 Å². The SMILES string of the molecule is CC(C)C[C@@H](NC(=O)CN(Cc1ccccc1)S(C)(=O)=O)c1ccccc1. The highest BCUT2D eigenvalue weighted by molar-refractivity contribution is 7.88. The van der Waals surface area contributed by atoms with Gasteiger partial charge in [-0.05, 0) is 23.5 Å². The fraction of sp³-hybridized carbons (Fsp3) is 0.381. The third-order valence-corrected chi connectivity index (χ3v) is 5.43. The lowest BCUT2D eigenvalue weighted by Gasteiger charge is -2.24. The van der Waals surface area contributed by atoms with E-state index in [-0.39, 0.29) is 25.0 Å². The number of amides is 1. The highest BCUT2D eigenvalue weighted by Gasteiger charge is 2.23. The predicted molar refractivity (Wildman–Crippen MR) is 108 cm³/mol. The van der Waals surface area contributed by atoms with Crippen molar-refractivity contribution in [3.8, 4) is 0 Å². The molecular weight excluding hydrogens is 360 g/mol. The second kappa shape index (κ2) is 9.67. The lowest BCUT2D eigenvalue weighted by atomic mass is 9.97. The van der Waals surface area contributed by atoms with Crippen LogP contribution in [0.2, 0.25) is 0 Å². The normalized spacial score (nSPS) is 12.9. The maximum Gasteiger partial charge on any atom is 0.235 e. The van der Waals surface area contributed by atoms with Crippen LogP contribution in [-0.4, -0.2) is 31.4 Å². The first kappa shape index (κ1) is 21.1. The molecule has 0 aliphatic rings. The van der Waals surface area contributed by atoms with Crippen molar-refractivity contribution in [2.45, 2.75) is 32.9 Å². The summed E-state index contributed by atoms with van der Waals surface area (Å²) in [6, 6.07) is 18.9. The van der Waals surface area contributed by atoms with Gasteiger partial charge in [-0.2, -0.15) is 4.31 Å². The lowest BCUT2D eigenvalue weighted by Crippen LogP contribution is -2.41. The zero-order valence-electron chi connectivity index (χ0n) is 16.1.